The van der Waals surface area contributed by atoms with Crippen molar-refractivity contribution in [1.82, 2.24) is 15.6 Å². The summed E-state index contributed by atoms with van der Waals surface area (Å²) in [6.07, 6.45) is 3.14. The summed E-state index contributed by atoms with van der Waals surface area (Å²) < 4.78 is 23.5. The van der Waals surface area contributed by atoms with Crippen LogP contribution in [-0.4, -0.2) is 41.5 Å². The van der Waals surface area contributed by atoms with E-state index >= 15 is 0 Å². The van der Waals surface area contributed by atoms with Crippen molar-refractivity contribution in [2.24, 2.45) is 0 Å². The van der Waals surface area contributed by atoms with Crippen LogP contribution in [-0.2, 0) is 11.2 Å². The van der Waals surface area contributed by atoms with Gasteiger partial charge in [0.2, 0.25) is 0 Å². The van der Waals surface area contributed by atoms with Gasteiger partial charge in [0.15, 0.2) is 5.82 Å². The van der Waals surface area contributed by atoms with Gasteiger partial charge < -0.3 is 25.6 Å². The molecule has 1 aliphatic rings. The molecule has 2 aromatic carbocycles. The van der Waals surface area contributed by atoms with Gasteiger partial charge >= 0.3 is 7.12 Å². The minimum absolute atomic E-state index is 0.279. The predicted octanol–water partition coefficient (Wildman–Crippen LogP) is 2.11. The largest absolute Gasteiger partial charge is 0.560 e. The van der Waals surface area contributed by atoms with E-state index in [2.05, 4.69) is 42.2 Å². The van der Waals surface area contributed by atoms with Crippen molar-refractivity contribution in [3.05, 3.63) is 69.8 Å². The maximum Gasteiger partial charge on any atom is 0.560 e. The molecule has 164 valence electrons. The first-order valence-electron chi connectivity index (χ1n) is 9.68. The molecule has 0 aliphatic carbocycles. The molecule has 0 radical (unpaired) electrons. The minimum Gasteiger partial charge on any atom is -0.538 e. The molecule has 32 heavy (non-hydrogen) atoms. The lowest BCUT2D eigenvalue weighted by Crippen LogP contribution is -2.37. The van der Waals surface area contributed by atoms with E-state index in [-0.39, 0.29) is 11.7 Å². The number of nitrogens with zero attached hydrogens (tertiary/aromatic N) is 2. The topological polar surface area (TPSA) is 122 Å². The number of hydrogen-bond acceptors (Lipinski definition) is 8. The van der Waals surface area contributed by atoms with Gasteiger partial charge in [0, 0.05) is 29.8 Å². The fourth-order valence-corrected chi connectivity index (χ4v) is 3.43. The van der Waals surface area contributed by atoms with Crippen LogP contribution in [0.15, 0.2) is 51.8 Å². The monoisotopic (exact) mass is 501 g/mol. The molecule has 0 bridgehead atoms. The normalized spacial score (nSPS) is 12.2. The molecule has 0 atom stereocenters. The van der Waals surface area contributed by atoms with Gasteiger partial charge in [-0.05, 0) is 63.1 Å². The summed E-state index contributed by atoms with van der Waals surface area (Å²) in [7, 11) is -1.09. The number of aromatic nitrogens is 2. The fraction of sp³-hybridized carbons (Fsp3) is 0.150. The van der Waals surface area contributed by atoms with Crippen molar-refractivity contribution in [2.45, 2.75) is 6.54 Å². The van der Waals surface area contributed by atoms with Crippen molar-refractivity contribution in [3.63, 3.8) is 0 Å². The Morgan fingerprint density at radius 1 is 1.16 bits per heavy atom. The van der Waals surface area contributed by atoms with Crippen LogP contribution in [0, 0.1) is 5.82 Å². The number of anilines is 2. The molecule has 0 saturated heterocycles. The number of carbonyl (C=O) groups excluding carboxylic acids is 1. The van der Waals surface area contributed by atoms with Crippen molar-refractivity contribution in [1.29, 1.82) is 0 Å². The standard InChI is InChI=1S/C20H18BBrFN5O4/c22-16-10-14(3-4-17(16)23)26-11-18-19(28-32-27-18)24-6-7-25-20(29)13-2-1-12-5-8-31-21(30)15(12)9-13/h1-5,8-10,26,30H,6-7,11H2,(H,24,28)(H,25,29). The Morgan fingerprint density at radius 3 is 2.88 bits per heavy atom. The number of nitrogens with one attached hydrogen (secondary N) is 3. The van der Waals surface area contributed by atoms with E-state index in [1.54, 1.807) is 36.4 Å². The number of rotatable bonds is 8. The van der Waals surface area contributed by atoms with Gasteiger partial charge in [0.25, 0.3) is 5.91 Å². The summed E-state index contributed by atoms with van der Waals surface area (Å²) in [4.78, 5) is 12.4. The van der Waals surface area contributed by atoms with Crippen LogP contribution in [0.2, 0.25) is 0 Å². The van der Waals surface area contributed by atoms with Gasteiger partial charge in [-0.2, -0.15) is 0 Å². The number of fused-ring (bicyclic) bond motifs is 1. The molecular formula is C20H18BBrFN5O4. The van der Waals surface area contributed by atoms with Crippen LogP contribution in [0.1, 0.15) is 21.6 Å². The molecule has 1 aromatic heterocycles. The summed E-state index contributed by atoms with van der Waals surface area (Å²) in [5, 5.41) is 26.5. The molecular weight excluding hydrogens is 484 g/mol. The Kier molecular flexibility index (Phi) is 6.71. The van der Waals surface area contributed by atoms with Crippen LogP contribution < -0.4 is 21.4 Å². The molecule has 4 N–H and O–H groups in total. The average Bonchev–Trinajstić information content (AvgIpc) is 3.25. The molecule has 12 heteroatoms. The van der Waals surface area contributed by atoms with E-state index < -0.39 is 7.12 Å². The second kappa shape index (κ2) is 9.83. The third-order valence-corrected chi connectivity index (χ3v) is 5.32. The highest BCUT2D eigenvalue weighted by Gasteiger charge is 2.24. The first-order chi connectivity index (χ1) is 15.5. The molecule has 0 spiro atoms. The molecule has 0 saturated carbocycles. The highest BCUT2D eigenvalue weighted by molar-refractivity contribution is 9.10. The predicted molar refractivity (Wildman–Crippen MR) is 121 cm³/mol. The zero-order valence-electron chi connectivity index (χ0n) is 16.6. The van der Waals surface area contributed by atoms with Gasteiger partial charge in [-0.3, -0.25) is 4.79 Å². The molecule has 4 rings (SSSR count). The van der Waals surface area contributed by atoms with Crippen LogP contribution in [0.25, 0.3) is 6.08 Å². The summed E-state index contributed by atoms with van der Waals surface area (Å²) in [5.41, 5.74) is 3.00. The van der Waals surface area contributed by atoms with Crippen LogP contribution in [0.3, 0.4) is 0 Å². The van der Waals surface area contributed by atoms with Crippen LogP contribution in [0.4, 0.5) is 15.9 Å². The molecule has 2 heterocycles. The summed E-state index contributed by atoms with van der Waals surface area (Å²) in [6.45, 7) is 1.01. The quantitative estimate of drug-likeness (QED) is 0.273. The molecule has 0 fully saturated rings. The van der Waals surface area contributed by atoms with Gasteiger partial charge in [-0.1, -0.05) is 11.2 Å². The van der Waals surface area contributed by atoms with E-state index in [1.807, 2.05) is 0 Å². The molecule has 0 unspecified atom stereocenters. The third-order valence-electron chi connectivity index (χ3n) is 4.71. The first-order valence-corrected chi connectivity index (χ1v) is 10.5. The minimum atomic E-state index is -1.09. The van der Waals surface area contributed by atoms with Crippen molar-refractivity contribution < 1.29 is 23.5 Å². The maximum atomic E-state index is 13.3. The van der Waals surface area contributed by atoms with Gasteiger partial charge in [-0.25, -0.2) is 9.02 Å². The summed E-state index contributed by atoms with van der Waals surface area (Å²) in [6, 6.07) is 9.62. The lowest BCUT2D eigenvalue weighted by molar-refractivity contribution is 0.0955. The Morgan fingerprint density at radius 2 is 2.03 bits per heavy atom. The van der Waals surface area contributed by atoms with E-state index in [0.29, 0.717) is 52.3 Å². The lowest BCUT2D eigenvalue weighted by Gasteiger charge is -2.15. The smallest absolute Gasteiger partial charge is 0.538 e. The number of amides is 1. The van der Waals surface area contributed by atoms with Gasteiger partial charge in [0.1, 0.15) is 11.5 Å². The maximum absolute atomic E-state index is 13.3. The van der Waals surface area contributed by atoms with E-state index in [4.69, 9.17) is 9.28 Å². The van der Waals surface area contributed by atoms with Crippen molar-refractivity contribution in [2.75, 3.05) is 23.7 Å². The number of hydrogen-bond donors (Lipinski definition) is 4. The third kappa shape index (κ3) is 5.09. The second-order valence-electron chi connectivity index (χ2n) is 6.86. The Labute approximate surface area is 191 Å². The average molecular weight is 502 g/mol. The molecule has 9 nitrogen and oxygen atoms in total. The number of carbonyl (C=O) groups is 1. The van der Waals surface area contributed by atoms with Crippen molar-refractivity contribution >= 4 is 52.0 Å². The Balaban J connectivity index is 1.26. The van der Waals surface area contributed by atoms with Crippen LogP contribution in [0.5, 0.6) is 0 Å². The Hall–Kier alpha value is -3.38. The summed E-state index contributed by atoms with van der Waals surface area (Å²) >= 11 is 3.14. The zero-order valence-corrected chi connectivity index (χ0v) is 18.2. The highest BCUT2D eigenvalue weighted by Crippen LogP contribution is 2.21. The zero-order chi connectivity index (χ0) is 22.5. The summed E-state index contributed by atoms with van der Waals surface area (Å²) in [5.74, 6) is -0.188. The highest BCUT2D eigenvalue weighted by atomic mass is 79.9. The SMILES string of the molecule is O=C(NCCNc1nonc1CNc1ccc(F)c(Br)c1)c1ccc2c(c1)B(O)OC=C2. The molecule has 3 aromatic rings. The fourth-order valence-electron chi connectivity index (χ4n) is 3.05. The van der Waals surface area contributed by atoms with Crippen molar-refractivity contribution in [3.8, 4) is 0 Å². The van der Waals surface area contributed by atoms with E-state index in [1.165, 1.54) is 12.3 Å². The Bertz CT molecular complexity index is 1160. The first kappa shape index (κ1) is 21.8. The van der Waals surface area contributed by atoms with E-state index in [9.17, 15) is 14.2 Å². The van der Waals surface area contributed by atoms with Gasteiger partial charge in [0.05, 0.1) is 17.3 Å². The number of benzene rings is 2. The van der Waals surface area contributed by atoms with E-state index in [0.717, 1.165) is 5.56 Å². The van der Waals surface area contributed by atoms with Gasteiger partial charge in [-0.15, -0.1) is 0 Å². The molecule has 1 aliphatic heterocycles. The number of halogens is 2. The second-order valence-corrected chi connectivity index (χ2v) is 7.71. The molecule has 1 amide bonds. The van der Waals surface area contributed by atoms with Crippen LogP contribution >= 0.6 is 15.9 Å². The lowest BCUT2D eigenvalue weighted by atomic mass is 9.74.